The molecular weight excluding hydrogens is 421 g/mol. The lowest BCUT2D eigenvalue weighted by Crippen LogP contribution is -2.31. The maximum absolute atomic E-state index is 12.6. The number of hydrogen-bond donors (Lipinski definition) is 1. The van der Waals surface area contributed by atoms with Gasteiger partial charge in [-0.1, -0.05) is 12.1 Å². The Labute approximate surface area is 173 Å². The van der Waals surface area contributed by atoms with E-state index >= 15 is 0 Å². The Hall–Kier alpha value is -2.75. The fourth-order valence-electron chi connectivity index (χ4n) is 2.75. The van der Waals surface area contributed by atoms with Crippen molar-refractivity contribution in [3.8, 4) is 5.75 Å². The molecule has 0 aliphatic rings. The van der Waals surface area contributed by atoms with Crippen molar-refractivity contribution in [3.05, 3.63) is 54.1 Å². The smallest absolute Gasteiger partial charge is 0.416 e. The van der Waals surface area contributed by atoms with E-state index < -0.39 is 27.7 Å². The maximum Gasteiger partial charge on any atom is 0.416 e. The summed E-state index contributed by atoms with van der Waals surface area (Å²) in [7, 11) is -3.62. The van der Waals surface area contributed by atoms with E-state index in [0.29, 0.717) is 18.0 Å². The molecule has 2 aromatic rings. The number of para-hydroxylation sites is 2. The molecule has 1 amide bonds. The summed E-state index contributed by atoms with van der Waals surface area (Å²) >= 11 is 0. The molecule has 0 spiro atoms. The fourth-order valence-corrected chi connectivity index (χ4v) is 3.72. The molecule has 1 N–H and O–H groups in total. The van der Waals surface area contributed by atoms with Crippen LogP contribution in [0.15, 0.2) is 48.5 Å². The van der Waals surface area contributed by atoms with Crippen LogP contribution in [0.25, 0.3) is 0 Å². The number of halogens is 3. The molecule has 0 aromatic heterocycles. The third kappa shape index (κ3) is 6.65. The zero-order chi connectivity index (χ0) is 22.4. The first-order valence-electron chi connectivity index (χ1n) is 9.19. The SMILES string of the molecule is CCOc1ccccc1N(CCCC(=O)Nc1ccc(C(F)(F)F)cc1)S(C)(=O)=O. The van der Waals surface area contributed by atoms with Crippen molar-refractivity contribution < 1.29 is 31.1 Å². The largest absolute Gasteiger partial charge is 0.492 e. The molecule has 6 nitrogen and oxygen atoms in total. The van der Waals surface area contributed by atoms with Gasteiger partial charge < -0.3 is 10.1 Å². The Morgan fingerprint density at radius 1 is 1.10 bits per heavy atom. The molecule has 0 unspecified atom stereocenters. The molecule has 0 atom stereocenters. The van der Waals surface area contributed by atoms with E-state index in [1.54, 1.807) is 31.2 Å². The van der Waals surface area contributed by atoms with Crippen LogP contribution in [0.1, 0.15) is 25.3 Å². The van der Waals surface area contributed by atoms with Crippen molar-refractivity contribution in [2.45, 2.75) is 25.9 Å². The number of carbonyl (C=O) groups excluding carboxylic acids is 1. The number of alkyl halides is 3. The topological polar surface area (TPSA) is 75.7 Å². The second-order valence-electron chi connectivity index (χ2n) is 6.46. The average molecular weight is 444 g/mol. The number of carbonyl (C=O) groups is 1. The van der Waals surface area contributed by atoms with Crippen molar-refractivity contribution >= 4 is 27.3 Å². The molecule has 164 valence electrons. The van der Waals surface area contributed by atoms with Gasteiger partial charge in [-0.05, 0) is 49.7 Å². The van der Waals surface area contributed by atoms with Gasteiger partial charge in [0.05, 0.1) is 24.1 Å². The molecule has 2 rings (SSSR count). The Morgan fingerprint density at radius 2 is 1.73 bits per heavy atom. The first kappa shape index (κ1) is 23.5. The van der Waals surface area contributed by atoms with Crippen LogP contribution >= 0.6 is 0 Å². The molecular formula is C20H23F3N2O4S. The summed E-state index contributed by atoms with van der Waals surface area (Å²) in [5, 5.41) is 2.51. The van der Waals surface area contributed by atoms with Gasteiger partial charge in [-0.25, -0.2) is 8.42 Å². The highest BCUT2D eigenvalue weighted by molar-refractivity contribution is 7.92. The van der Waals surface area contributed by atoms with Crippen LogP contribution in [0.5, 0.6) is 5.75 Å². The number of benzene rings is 2. The van der Waals surface area contributed by atoms with E-state index in [1.807, 2.05) is 0 Å². The summed E-state index contributed by atoms with van der Waals surface area (Å²) in [6.45, 7) is 2.20. The van der Waals surface area contributed by atoms with E-state index in [1.165, 1.54) is 16.4 Å². The number of amides is 1. The van der Waals surface area contributed by atoms with Crippen LogP contribution in [-0.2, 0) is 21.0 Å². The molecule has 0 saturated heterocycles. The molecule has 30 heavy (non-hydrogen) atoms. The quantitative estimate of drug-likeness (QED) is 0.626. The number of hydrogen-bond acceptors (Lipinski definition) is 4. The van der Waals surface area contributed by atoms with Crippen LogP contribution in [0.2, 0.25) is 0 Å². The second-order valence-corrected chi connectivity index (χ2v) is 8.37. The van der Waals surface area contributed by atoms with Crippen molar-refractivity contribution in [1.82, 2.24) is 0 Å². The summed E-state index contributed by atoms with van der Waals surface area (Å²) in [4.78, 5) is 12.1. The highest BCUT2D eigenvalue weighted by Gasteiger charge is 2.30. The van der Waals surface area contributed by atoms with Crippen molar-refractivity contribution in [3.63, 3.8) is 0 Å². The van der Waals surface area contributed by atoms with E-state index in [4.69, 9.17) is 4.74 Å². The molecule has 10 heteroatoms. The van der Waals surface area contributed by atoms with Crippen LogP contribution < -0.4 is 14.4 Å². The maximum atomic E-state index is 12.6. The highest BCUT2D eigenvalue weighted by atomic mass is 32.2. The number of ether oxygens (including phenoxy) is 1. The predicted molar refractivity (Wildman–Crippen MR) is 109 cm³/mol. The van der Waals surface area contributed by atoms with Crippen LogP contribution in [0.3, 0.4) is 0 Å². The fraction of sp³-hybridized carbons (Fsp3) is 0.350. The Bertz CT molecular complexity index is 961. The van der Waals surface area contributed by atoms with Crippen LogP contribution in [0, 0.1) is 0 Å². The minimum Gasteiger partial charge on any atom is -0.492 e. The molecule has 2 aromatic carbocycles. The monoisotopic (exact) mass is 444 g/mol. The van der Waals surface area contributed by atoms with E-state index in [9.17, 15) is 26.4 Å². The van der Waals surface area contributed by atoms with E-state index in [2.05, 4.69) is 5.32 Å². The number of sulfonamides is 1. The van der Waals surface area contributed by atoms with E-state index in [0.717, 1.165) is 18.4 Å². The lowest BCUT2D eigenvalue weighted by Gasteiger charge is -2.24. The van der Waals surface area contributed by atoms with Gasteiger partial charge in [0.15, 0.2) is 0 Å². The molecule has 0 heterocycles. The Morgan fingerprint density at radius 3 is 2.30 bits per heavy atom. The van der Waals surface area contributed by atoms with Gasteiger partial charge in [0.1, 0.15) is 5.75 Å². The zero-order valence-corrected chi connectivity index (χ0v) is 17.4. The lowest BCUT2D eigenvalue weighted by molar-refractivity contribution is -0.137. The summed E-state index contributed by atoms with van der Waals surface area (Å²) in [6, 6.07) is 10.8. The number of nitrogens with one attached hydrogen (secondary N) is 1. The third-order valence-electron chi connectivity index (χ3n) is 4.10. The summed E-state index contributed by atoms with van der Waals surface area (Å²) in [5.41, 5.74) is -0.197. The highest BCUT2D eigenvalue weighted by Crippen LogP contribution is 2.31. The van der Waals surface area contributed by atoms with Crippen LogP contribution in [-0.4, -0.2) is 33.7 Å². The van der Waals surface area contributed by atoms with Crippen molar-refractivity contribution in [2.75, 3.05) is 29.0 Å². The van der Waals surface area contributed by atoms with Crippen molar-refractivity contribution in [1.29, 1.82) is 0 Å². The van der Waals surface area contributed by atoms with Gasteiger partial charge in [0, 0.05) is 18.7 Å². The summed E-state index contributed by atoms with van der Waals surface area (Å²) in [6.07, 6.45) is -3.18. The Kier molecular flexibility index (Phi) is 7.71. The molecule has 0 saturated carbocycles. The molecule has 0 bridgehead atoms. The summed E-state index contributed by atoms with van der Waals surface area (Å²) < 4.78 is 68.9. The average Bonchev–Trinajstić information content (AvgIpc) is 2.65. The second kappa shape index (κ2) is 9.84. The normalized spacial score (nSPS) is 11.8. The third-order valence-corrected chi connectivity index (χ3v) is 5.28. The summed E-state index contributed by atoms with van der Waals surface area (Å²) in [5.74, 6) is -0.0130. The number of nitrogens with zero attached hydrogens (tertiary/aromatic N) is 1. The molecule has 0 aliphatic heterocycles. The zero-order valence-electron chi connectivity index (χ0n) is 16.6. The van der Waals surface area contributed by atoms with Gasteiger partial charge >= 0.3 is 6.18 Å². The van der Waals surface area contributed by atoms with Gasteiger partial charge in [-0.3, -0.25) is 9.10 Å². The molecule has 0 radical (unpaired) electrons. The van der Waals surface area contributed by atoms with Gasteiger partial charge in [0.25, 0.3) is 0 Å². The number of anilines is 2. The van der Waals surface area contributed by atoms with Gasteiger partial charge in [-0.2, -0.15) is 13.2 Å². The first-order valence-corrected chi connectivity index (χ1v) is 11.0. The van der Waals surface area contributed by atoms with E-state index in [-0.39, 0.29) is 25.1 Å². The van der Waals surface area contributed by atoms with Crippen molar-refractivity contribution in [2.24, 2.45) is 0 Å². The molecule has 0 fully saturated rings. The molecule has 0 aliphatic carbocycles. The predicted octanol–water partition coefficient (Wildman–Crippen LogP) is 4.29. The minimum atomic E-state index is -4.45. The lowest BCUT2D eigenvalue weighted by atomic mass is 10.2. The van der Waals surface area contributed by atoms with Crippen LogP contribution in [0.4, 0.5) is 24.5 Å². The Balaban J connectivity index is 2.00. The van der Waals surface area contributed by atoms with Gasteiger partial charge in [0.2, 0.25) is 15.9 Å². The standard InChI is InChI=1S/C20H23F3N2O4S/c1-3-29-18-8-5-4-7-17(18)25(30(2,27)28)14-6-9-19(26)24-16-12-10-15(11-13-16)20(21,22)23/h4-5,7-8,10-13H,3,6,9,14H2,1-2H3,(H,24,26). The minimum absolute atomic E-state index is 0.0101. The van der Waals surface area contributed by atoms with Gasteiger partial charge in [-0.15, -0.1) is 0 Å². The first-order chi connectivity index (χ1) is 14.0. The number of rotatable bonds is 9.